The summed E-state index contributed by atoms with van der Waals surface area (Å²) >= 11 is 0. The van der Waals surface area contributed by atoms with Crippen molar-refractivity contribution in [3.8, 4) is 0 Å². The highest BCUT2D eigenvalue weighted by molar-refractivity contribution is 7.91. The van der Waals surface area contributed by atoms with Crippen LogP contribution in [-0.2, 0) is 25.8 Å². The maximum Gasteiger partial charge on any atom is 0.248 e. The molecular formula is C23H23N5O4S. The van der Waals surface area contributed by atoms with Crippen LogP contribution in [0.4, 0.5) is 11.8 Å². The molecule has 0 unspecified atom stereocenters. The number of anilines is 2. The molecule has 0 spiro atoms. The predicted octanol–water partition coefficient (Wildman–Crippen LogP) is 1.62. The summed E-state index contributed by atoms with van der Waals surface area (Å²) in [4.78, 5) is 35.9. The van der Waals surface area contributed by atoms with Crippen LogP contribution in [0.25, 0.3) is 0 Å². The fraction of sp³-hybridized carbons (Fsp3) is 0.217. The van der Waals surface area contributed by atoms with Gasteiger partial charge in [-0.3, -0.25) is 14.5 Å². The fourth-order valence-electron chi connectivity index (χ4n) is 3.61. The second-order valence-corrected chi connectivity index (χ2v) is 9.69. The molecule has 170 valence electrons. The van der Waals surface area contributed by atoms with Gasteiger partial charge in [-0.2, -0.15) is 4.98 Å². The van der Waals surface area contributed by atoms with Gasteiger partial charge in [-0.15, -0.1) is 0 Å². The third kappa shape index (κ3) is 4.70. The Morgan fingerprint density at radius 3 is 2.33 bits per heavy atom. The summed E-state index contributed by atoms with van der Waals surface area (Å²) in [6.07, 6.45) is 1.68. The van der Waals surface area contributed by atoms with Gasteiger partial charge < -0.3 is 10.6 Å². The van der Waals surface area contributed by atoms with E-state index in [0.29, 0.717) is 6.42 Å². The SMILES string of the molecule is Cc1cccc(S(=O)(=O)c2cnc(N3CC(=O)N(CCc4ccccc4)C(=O)C3)nc2N)c1. The first-order chi connectivity index (χ1) is 15.8. The van der Waals surface area contributed by atoms with E-state index in [1.54, 1.807) is 19.1 Å². The number of rotatable bonds is 6. The molecule has 2 amide bonds. The number of nitrogen functional groups attached to an aromatic ring is 1. The highest BCUT2D eigenvalue weighted by Gasteiger charge is 2.33. The van der Waals surface area contributed by atoms with Crippen molar-refractivity contribution >= 4 is 33.4 Å². The molecule has 9 nitrogen and oxygen atoms in total. The van der Waals surface area contributed by atoms with Crippen molar-refractivity contribution < 1.29 is 18.0 Å². The lowest BCUT2D eigenvalue weighted by atomic mass is 10.1. The van der Waals surface area contributed by atoms with Gasteiger partial charge in [0.25, 0.3) is 0 Å². The maximum absolute atomic E-state index is 12.9. The zero-order valence-electron chi connectivity index (χ0n) is 18.0. The van der Waals surface area contributed by atoms with Crippen molar-refractivity contribution in [2.24, 2.45) is 0 Å². The quantitative estimate of drug-likeness (QED) is 0.544. The van der Waals surface area contributed by atoms with Crippen molar-refractivity contribution in [2.75, 3.05) is 30.3 Å². The van der Waals surface area contributed by atoms with Crippen molar-refractivity contribution in [3.05, 3.63) is 71.9 Å². The number of sulfone groups is 1. The molecule has 10 heteroatoms. The van der Waals surface area contributed by atoms with Crippen LogP contribution in [0.15, 0.2) is 70.6 Å². The Hall–Kier alpha value is -3.79. The molecular weight excluding hydrogens is 442 g/mol. The van der Waals surface area contributed by atoms with Crippen molar-refractivity contribution in [3.63, 3.8) is 0 Å². The number of aryl methyl sites for hydroxylation is 1. The van der Waals surface area contributed by atoms with E-state index < -0.39 is 9.84 Å². The van der Waals surface area contributed by atoms with E-state index in [2.05, 4.69) is 9.97 Å². The number of nitrogens with two attached hydrogens (primary N) is 1. The van der Waals surface area contributed by atoms with Crippen molar-refractivity contribution in [2.45, 2.75) is 23.1 Å². The third-order valence-electron chi connectivity index (χ3n) is 5.36. The van der Waals surface area contributed by atoms with Crippen LogP contribution in [0.1, 0.15) is 11.1 Å². The summed E-state index contributed by atoms with van der Waals surface area (Å²) < 4.78 is 25.9. The molecule has 0 atom stereocenters. The molecule has 2 heterocycles. The number of amides is 2. The first-order valence-electron chi connectivity index (χ1n) is 10.3. The van der Waals surface area contributed by atoms with Crippen LogP contribution < -0.4 is 10.6 Å². The summed E-state index contributed by atoms with van der Waals surface area (Å²) in [6.45, 7) is 1.86. The predicted molar refractivity (Wildman–Crippen MR) is 122 cm³/mol. The second-order valence-electron chi connectivity index (χ2n) is 7.77. The van der Waals surface area contributed by atoms with E-state index in [4.69, 9.17) is 5.73 Å². The molecule has 3 aromatic rings. The number of nitrogens with zero attached hydrogens (tertiary/aromatic N) is 4. The molecule has 33 heavy (non-hydrogen) atoms. The minimum atomic E-state index is -3.91. The Balaban J connectivity index is 1.50. The van der Waals surface area contributed by atoms with E-state index in [9.17, 15) is 18.0 Å². The van der Waals surface area contributed by atoms with Gasteiger partial charge in [0.1, 0.15) is 23.8 Å². The molecule has 2 aromatic carbocycles. The highest BCUT2D eigenvalue weighted by atomic mass is 32.2. The summed E-state index contributed by atoms with van der Waals surface area (Å²) in [5.41, 5.74) is 7.78. The molecule has 4 rings (SSSR count). The van der Waals surface area contributed by atoms with Crippen LogP contribution in [0, 0.1) is 6.92 Å². The summed E-state index contributed by atoms with van der Waals surface area (Å²) in [7, 11) is -3.91. The topological polar surface area (TPSA) is 127 Å². The van der Waals surface area contributed by atoms with Crippen LogP contribution in [0.2, 0.25) is 0 Å². The van der Waals surface area contributed by atoms with E-state index >= 15 is 0 Å². The minimum absolute atomic E-state index is 0.0279. The van der Waals surface area contributed by atoms with Gasteiger partial charge in [-0.05, 0) is 36.6 Å². The number of hydrogen-bond donors (Lipinski definition) is 1. The molecule has 0 aliphatic carbocycles. The molecule has 1 aromatic heterocycles. The van der Waals surface area contributed by atoms with Gasteiger partial charge in [0.2, 0.25) is 27.6 Å². The smallest absolute Gasteiger partial charge is 0.248 e. The van der Waals surface area contributed by atoms with Gasteiger partial charge in [0, 0.05) is 6.54 Å². The Labute approximate surface area is 191 Å². The van der Waals surface area contributed by atoms with Crippen LogP contribution in [-0.4, -0.2) is 54.7 Å². The van der Waals surface area contributed by atoms with Gasteiger partial charge in [-0.1, -0.05) is 42.5 Å². The Morgan fingerprint density at radius 2 is 1.70 bits per heavy atom. The van der Waals surface area contributed by atoms with Gasteiger partial charge >= 0.3 is 0 Å². The van der Waals surface area contributed by atoms with E-state index in [1.807, 2.05) is 30.3 Å². The van der Waals surface area contributed by atoms with Crippen molar-refractivity contribution in [1.82, 2.24) is 14.9 Å². The number of piperazine rings is 1. The number of aromatic nitrogens is 2. The lowest BCUT2D eigenvalue weighted by molar-refractivity contribution is -0.145. The molecule has 1 fully saturated rings. The molecule has 1 aliphatic rings. The molecule has 1 aliphatic heterocycles. The Kier molecular flexibility index (Phi) is 6.10. The highest BCUT2D eigenvalue weighted by Crippen LogP contribution is 2.26. The Bertz CT molecular complexity index is 1290. The van der Waals surface area contributed by atoms with E-state index in [1.165, 1.54) is 21.9 Å². The normalized spacial score (nSPS) is 14.6. The van der Waals surface area contributed by atoms with Crippen LogP contribution in [0.5, 0.6) is 0 Å². The lowest BCUT2D eigenvalue weighted by Gasteiger charge is -2.32. The zero-order valence-corrected chi connectivity index (χ0v) is 18.8. The fourth-order valence-corrected chi connectivity index (χ4v) is 4.98. The molecule has 0 saturated carbocycles. The number of carbonyl (C=O) groups is 2. The number of benzene rings is 2. The monoisotopic (exact) mass is 465 g/mol. The van der Waals surface area contributed by atoms with Crippen LogP contribution in [0.3, 0.4) is 0 Å². The molecule has 0 bridgehead atoms. The number of carbonyl (C=O) groups excluding carboxylic acids is 2. The summed E-state index contributed by atoms with van der Waals surface area (Å²) in [6, 6.07) is 16.0. The maximum atomic E-state index is 12.9. The Morgan fingerprint density at radius 1 is 1.00 bits per heavy atom. The third-order valence-corrected chi connectivity index (χ3v) is 7.13. The molecule has 2 N–H and O–H groups in total. The number of hydrogen-bond acceptors (Lipinski definition) is 8. The number of imide groups is 1. The first kappa shape index (κ1) is 22.4. The van der Waals surface area contributed by atoms with Crippen molar-refractivity contribution in [1.29, 1.82) is 0 Å². The minimum Gasteiger partial charge on any atom is -0.382 e. The zero-order chi connectivity index (χ0) is 23.6. The standard InChI is InChI=1S/C23H23N5O4S/c1-16-6-5-9-18(12-16)33(31,32)19-13-25-23(26-22(19)24)27-14-20(29)28(21(30)15-27)11-10-17-7-3-2-4-8-17/h2-9,12-13H,10-11,14-15H2,1H3,(H2,24,25,26). The van der Waals surface area contributed by atoms with E-state index in [-0.39, 0.29) is 53.0 Å². The second kappa shape index (κ2) is 8.99. The van der Waals surface area contributed by atoms with Crippen LogP contribution >= 0.6 is 0 Å². The molecule has 1 saturated heterocycles. The largest absolute Gasteiger partial charge is 0.382 e. The lowest BCUT2D eigenvalue weighted by Crippen LogP contribution is -2.55. The summed E-state index contributed by atoms with van der Waals surface area (Å²) in [5, 5.41) is 0. The summed E-state index contributed by atoms with van der Waals surface area (Å²) in [5.74, 6) is -0.963. The molecule has 0 radical (unpaired) electrons. The average molecular weight is 466 g/mol. The van der Waals surface area contributed by atoms with Gasteiger partial charge in [0.15, 0.2) is 0 Å². The van der Waals surface area contributed by atoms with E-state index in [0.717, 1.165) is 17.3 Å². The average Bonchev–Trinajstić information content (AvgIpc) is 2.79. The van der Waals surface area contributed by atoms with Gasteiger partial charge in [0.05, 0.1) is 11.1 Å². The first-order valence-corrected chi connectivity index (χ1v) is 11.8. The van der Waals surface area contributed by atoms with Gasteiger partial charge in [-0.25, -0.2) is 13.4 Å².